The van der Waals surface area contributed by atoms with Crippen molar-refractivity contribution in [3.8, 4) is 5.75 Å². The van der Waals surface area contributed by atoms with E-state index >= 15 is 0 Å². The molecular weight excluding hydrogens is 369 g/mol. The largest absolute Gasteiger partial charge is 0.481 e. The first-order chi connectivity index (χ1) is 13.5. The minimum absolute atomic E-state index is 0.0158. The molecule has 0 unspecified atom stereocenters. The highest BCUT2D eigenvalue weighted by Crippen LogP contribution is 2.37. The highest BCUT2D eigenvalue weighted by Gasteiger charge is 2.47. The van der Waals surface area contributed by atoms with Crippen LogP contribution in [-0.4, -0.2) is 41.7 Å². The number of halogens is 1. The molecule has 8 nitrogen and oxygen atoms in total. The topological polar surface area (TPSA) is 105 Å². The van der Waals surface area contributed by atoms with Gasteiger partial charge in [-0.3, -0.25) is 34.9 Å². The second-order valence-corrected chi connectivity index (χ2v) is 6.89. The number of imide groups is 1. The minimum atomic E-state index is -0.670. The summed E-state index contributed by atoms with van der Waals surface area (Å²) >= 11 is 0. The zero-order valence-corrected chi connectivity index (χ0v) is 15.3. The second-order valence-electron chi connectivity index (χ2n) is 6.89. The third-order valence-electron chi connectivity index (χ3n) is 5.03. The van der Waals surface area contributed by atoms with Crippen LogP contribution in [0.2, 0.25) is 0 Å². The van der Waals surface area contributed by atoms with Gasteiger partial charge in [0, 0.05) is 13.0 Å². The van der Waals surface area contributed by atoms with Crippen LogP contribution in [-0.2, 0) is 19.2 Å². The van der Waals surface area contributed by atoms with Crippen molar-refractivity contribution in [3.05, 3.63) is 30.1 Å². The van der Waals surface area contributed by atoms with Crippen LogP contribution in [0.1, 0.15) is 32.1 Å². The fourth-order valence-corrected chi connectivity index (χ4v) is 3.61. The number of benzene rings is 1. The molecule has 2 aliphatic rings. The van der Waals surface area contributed by atoms with E-state index in [9.17, 15) is 23.6 Å². The number of nitrogens with zero attached hydrogens (tertiary/aromatic N) is 1. The van der Waals surface area contributed by atoms with Crippen LogP contribution in [0.15, 0.2) is 24.3 Å². The molecule has 1 aromatic rings. The standard InChI is InChI=1S/C19H22FN3O5/c20-14-7-3-4-8-15(14)28-11-17(25)22-21-16(24)9-10-23-18(26)12-5-1-2-6-13(12)19(23)27/h3-4,7-8,12-13H,1-2,5-6,9-11H2,(H,21,24)(H,22,25)/t12-,13-/m0/s1. The van der Waals surface area contributed by atoms with Crippen LogP contribution in [0.25, 0.3) is 0 Å². The number of fused-ring (bicyclic) bond motifs is 1. The molecule has 1 saturated heterocycles. The summed E-state index contributed by atoms with van der Waals surface area (Å²) in [7, 11) is 0. The van der Waals surface area contributed by atoms with Crippen molar-refractivity contribution < 1.29 is 28.3 Å². The van der Waals surface area contributed by atoms with E-state index < -0.39 is 24.2 Å². The van der Waals surface area contributed by atoms with Gasteiger partial charge in [-0.1, -0.05) is 25.0 Å². The smallest absolute Gasteiger partial charge is 0.276 e. The Morgan fingerprint density at radius 1 is 1.04 bits per heavy atom. The maximum atomic E-state index is 13.4. The van der Waals surface area contributed by atoms with Gasteiger partial charge in [0.25, 0.3) is 5.91 Å². The van der Waals surface area contributed by atoms with Gasteiger partial charge in [0.1, 0.15) is 0 Å². The van der Waals surface area contributed by atoms with Crippen molar-refractivity contribution in [2.24, 2.45) is 11.8 Å². The first kappa shape index (κ1) is 19.8. The van der Waals surface area contributed by atoms with Gasteiger partial charge in [-0.05, 0) is 25.0 Å². The zero-order valence-electron chi connectivity index (χ0n) is 15.3. The molecular formula is C19H22FN3O5. The molecule has 0 aromatic heterocycles. The Bertz CT molecular complexity index is 761. The highest BCUT2D eigenvalue weighted by molar-refractivity contribution is 6.05. The van der Waals surface area contributed by atoms with E-state index in [0.717, 1.165) is 30.6 Å². The Morgan fingerprint density at radius 3 is 2.29 bits per heavy atom. The number of carbonyl (C=O) groups excluding carboxylic acids is 4. The van der Waals surface area contributed by atoms with E-state index in [0.29, 0.717) is 0 Å². The van der Waals surface area contributed by atoms with Crippen LogP contribution in [0.3, 0.4) is 0 Å². The van der Waals surface area contributed by atoms with Crippen LogP contribution in [0, 0.1) is 17.7 Å². The number of likely N-dealkylation sites (tertiary alicyclic amines) is 1. The van der Waals surface area contributed by atoms with Gasteiger partial charge >= 0.3 is 0 Å². The molecule has 2 atom stereocenters. The van der Waals surface area contributed by atoms with Gasteiger partial charge < -0.3 is 4.74 Å². The normalized spacial score (nSPS) is 21.2. The fraction of sp³-hybridized carbons (Fsp3) is 0.474. The number of hydrazine groups is 1. The minimum Gasteiger partial charge on any atom is -0.481 e. The van der Waals surface area contributed by atoms with Gasteiger partial charge in [0.05, 0.1) is 11.8 Å². The van der Waals surface area contributed by atoms with Gasteiger partial charge in [0.15, 0.2) is 18.2 Å². The number of carbonyl (C=O) groups is 4. The summed E-state index contributed by atoms with van der Waals surface area (Å²) in [5.74, 6) is -2.80. The third kappa shape index (κ3) is 4.47. The SMILES string of the molecule is O=C(CCN1C(=O)[C@H]2CCCC[C@@H]2C1=O)NNC(=O)COc1ccccc1F. The Hall–Kier alpha value is -2.97. The van der Waals surface area contributed by atoms with Crippen LogP contribution in [0.5, 0.6) is 5.75 Å². The van der Waals surface area contributed by atoms with Crippen molar-refractivity contribution in [3.63, 3.8) is 0 Å². The summed E-state index contributed by atoms with van der Waals surface area (Å²) in [6.45, 7) is -0.494. The van der Waals surface area contributed by atoms with Crippen molar-refractivity contribution in [1.29, 1.82) is 0 Å². The lowest BCUT2D eigenvalue weighted by molar-refractivity contribution is -0.140. The van der Waals surface area contributed by atoms with E-state index in [1.165, 1.54) is 18.2 Å². The maximum Gasteiger partial charge on any atom is 0.276 e. The van der Waals surface area contributed by atoms with Gasteiger partial charge in [0.2, 0.25) is 17.7 Å². The molecule has 4 amide bonds. The molecule has 0 bridgehead atoms. The third-order valence-corrected chi connectivity index (χ3v) is 5.03. The molecule has 1 aromatic carbocycles. The summed E-state index contributed by atoms with van der Waals surface area (Å²) in [5.41, 5.74) is 4.33. The molecule has 1 aliphatic heterocycles. The lowest BCUT2D eigenvalue weighted by Gasteiger charge is -2.19. The number of nitrogens with one attached hydrogen (secondary N) is 2. The molecule has 9 heteroatoms. The predicted octanol–water partition coefficient (Wildman–Crippen LogP) is 0.917. The Kier molecular flexibility index (Phi) is 6.23. The first-order valence-corrected chi connectivity index (χ1v) is 9.27. The van der Waals surface area contributed by atoms with Gasteiger partial charge in [-0.15, -0.1) is 0 Å². The highest BCUT2D eigenvalue weighted by atomic mass is 19.1. The lowest BCUT2D eigenvalue weighted by Crippen LogP contribution is -2.45. The van der Waals surface area contributed by atoms with Crippen molar-refractivity contribution in [2.45, 2.75) is 32.1 Å². The molecule has 150 valence electrons. The summed E-state index contributed by atoms with van der Waals surface area (Å²) in [6.07, 6.45) is 3.20. The quantitative estimate of drug-likeness (QED) is 0.554. The number of ether oxygens (including phenoxy) is 1. The molecule has 1 saturated carbocycles. The number of rotatable bonds is 6. The molecule has 3 rings (SSSR count). The lowest BCUT2D eigenvalue weighted by atomic mass is 9.81. The Labute approximate surface area is 161 Å². The van der Waals surface area contributed by atoms with Gasteiger partial charge in [-0.2, -0.15) is 0 Å². The van der Waals surface area contributed by atoms with Crippen molar-refractivity contribution in [1.82, 2.24) is 15.8 Å². The van der Waals surface area contributed by atoms with E-state index in [1.54, 1.807) is 6.07 Å². The average Bonchev–Trinajstić information content (AvgIpc) is 2.94. The van der Waals surface area contributed by atoms with Crippen LogP contribution in [0.4, 0.5) is 4.39 Å². The number of hydrogen-bond acceptors (Lipinski definition) is 5. The van der Waals surface area contributed by atoms with Crippen molar-refractivity contribution >= 4 is 23.6 Å². The van der Waals surface area contributed by atoms with Crippen molar-refractivity contribution in [2.75, 3.05) is 13.2 Å². The summed E-state index contributed by atoms with van der Waals surface area (Å²) < 4.78 is 18.4. The summed E-state index contributed by atoms with van der Waals surface area (Å²) in [6, 6.07) is 5.64. The molecule has 1 aliphatic carbocycles. The fourth-order valence-electron chi connectivity index (χ4n) is 3.61. The number of amides is 4. The molecule has 1 heterocycles. The van der Waals surface area contributed by atoms with E-state index in [2.05, 4.69) is 10.9 Å². The summed E-state index contributed by atoms with van der Waals surface area (Å²) in [5, 5.41) is 0. The molecule has 2 N–H and O–H groups in total. The van der Waals surface area contributed by atoms with Gasteiger partial charge in [-0.25, -0.2) is 4.39 Å². The van der Waals surface area contributed by atoms with E-state index in [-0.39, 0.29) is 42.4 Å². The second kappa shape index (κ2) is 8.81. The van der Waals surface area contributed by atoms with E-state index in [1.807, 2.05) is 0 Å². The molecule has 0 radical (unpaired) electrons. The molecule has 2 fully saturated rings. The number of hydrogen-bond donors (Lipinski definition) is 2. The monoisotopic (exact) mass is 391 g/mol. The summed E-state index contributed by atoms with van der Waals surface area (Å²) in [4.78, 5) is 49.4. The first-order valence-electron chi connectivity index (χ1n) is 9.27. The Morgan fingerprint density at radius 2 is 1.64 bits per heavy atom. The average molecular weight is 391 g/mol. The maximum absolute atomic E-state index is 13.4. The predicted molar refractivity (Wildman–Crippen MR) is 95.0 cm³/mol. The van der Waals surface area contributed by atoms with Crippen LogP contribution < -0.4 is 15.6 Å². The van der Waals surface area contributed by atoms with E-state index in [4.69, 9.17) is 4.74 Å². The molecule has 0 spiro atoms. The zero-order chi connectivity index (χ0) is 20.1. The Balaban J connectivity index is 1.38. The van der Waals surface area contributed by atoms with Crippen LogP contribution >= 0.6 is 0 Å². The molecule has 28 heavy (non-hydrogen) atoms. The number of para-hydroxylation sites is 1.